The van der Waals surface area contributed by atoms with Crippen LogP contribution in [0.5, 0.6) is 5.75 Å². The van der Waals surface area contributed by atoms with E-state index in [0.29, 0.717) is 33.0 Å². The summed E-state index contributed by atoms with van der Waals surface area (Å²) in [4.78, 5) is 28.9. The monoisotopic (exact) mass is 432 g/mol. The number of carbonyl (C=O) groups is 2. The minimum atomic E-state index is -0.772. The normalized spacial score (nSPS) is 10.3. The number of halogens is 2. The van der Waals surface area contributed by atoms with Gasteiger partial charge in [-0.15, -0.1) is 11.3 Å². The van der Waals surface area contributed by atoms with E-state index >= 15 is 0 Å². The highest BCUT2D eigenvalue weighted by Gasteiger charge is 2.22. The zero-order valence-corrected chi connectivity index (χ0v) is 17.1. The molecular formula is C16H18Cl2N4O4S. The number of methoxy groups -OCH3 is 1. The van der Waals surface area contributed by atoms with Gasteiger partial charge in [0.05, 0.1) is 31.5 Å². The molecule has 2 rings (SSSR count). The van der Waals surface area contributed by atoms with E-state index in [0.717, 1.165) is 4.88 Å². The quantitative estimate of drug-likeness (QED) is 0.600. The number of benzene rings is 1. The summed E-state index contributed by atoms with van der Waals surface area (Å²) in [6, 6.07) is 1.61. The van der Waals surface area contributed by atoms with Gasteiger partial charge in [0.25, 0.3) is 5.91 Å². The maximum absolute atomic E-state index is 12.7. The smallest absolute Gasteiger partial charge is 0.426 e. The molecule has 3 N–H and O–H groups in total. The predicted octanol–water partition coefficient (Wildman–Crippen LogP) is 3.77. The summed E-state index contributed by atoms with van der Waals surface area (Å²) in [7, 11) is 1.47. The molecule has 0 saturated carbocycles. The summed E-state index contributed by atoms with van der Waals surface area (Å²) in [5.41, 5.74) is 5.64. The number of carbonyl (C=O) groups excluding carboxylic acids is 2. The third kappa shape index (κ3) is 5.38. The fourth-order valence-electron chi connectivity index (χ4n) is 2.22. The van der Waals surface area contributed by atoms with Crippen LogP contribution in [-0.4, -0.2) is 30.7 Å². The van der Waals surface area contributed by atoms with Crippen LogP contribution in [-0.2, 0) is 11.3 Å². The molecule has 11 heteroatoms. The molecule has 0 aliphatic rings. The van der Waals surface area contributed by atoms with Crippen LogP contribution >= 0.6 is 34.5 Å². The summed E-state index contributed by atoms with van der Waals surface area (Å²) in [5, 5.41) is 3.49. The van der Waals surface area contributed by atoms with Gasteiger partial charge in [0.2, 0.25) is 0 Å². The molecule has 8 nitrogen and oxygen atoms in total. The van der Waals surface area contributed by atoms with E-state index in [4.69, 9.17) is 32.7 Å². The molecule has 0 aliphatic heterocycles. The molecule has 0 radical (unpaired) electrons. The van der Waals surface area contributed by atoms with Gasteiger partial charge in [-0.2, -0.15) is 0 Å². The second kappa shape index (κ2) is 9.63. The van der Waals surface area contributed by atoms with Crippen LogP contribution in [0.15, 0.2) is 12.3 Å². The van der Waals surface area contributed by atoms with Crippen LogP contribution in [0.2, 0.25) is 9.49 Å². The molecular weight excluding hydrogens is 415 g/mol. The van der Waals surface area contributed by atoms with E-state index in [-0.39, 0.29) is 12.2 Å². The molecule has 27 heavy (non-hydrogen) atoms. The highest BCUT2D eigenvalue weighted by molar-refractivity contribution is 7.15. The number of ether oxygens (including phenoxy) is 2. The van der Waals surface area contributed by atoms with Crippen molar-refractivity contribution < 1.29 is 19.1 Å². The number of amides is 2. The molecule has 2 aromatic rings. The topological polar surface area (TPSA) is 102 Å². The molecule has 0 saturated heterocycles. The first-order valence-electron chi connectivity index (χ1n) is 7.81. The van der Waals surface area contributed by atoms with Crippen LogP contribution in [0.3, 0.4) is 0 Å². The first kappa shape index (κ1) is 21.1. The van der Waals surface area contributed by atoms with E-state index in [1.807, 2.05) is 0 Å². The van der Waals surface area contributed by atoms with Gasteiger partial charge in [-0.25, -0.2) is 15.2 Å². The van der Waals surface area contributed by atoms with Crippen molar-refractivity contribution in [3.05, 3.63) is 37.8 Å². The Morgan fingerprint density at radius 3 is 2.63 bits per heavy atom. The molecule has 1 aromatic heterocycles. The molecule has 146 valence electrons. The lowest BCUT2D eigenvalue weighted by atomic mass is 10.0. The van der Waals surface area contributed by atoms with Gasteiger partial charge < -0.3 is 14.8 Å². The maximum Gasteiger partial charge on any atom is 0.426 e. The molecule has 0 bridgehead atoms. The van der Waals surface area contributed by atoms with E-state index in [1.165, 1.54) is 18.4 Å². The van der Waals surface area contributed by atoms with Crippen molar-refractivity contribution >= 4 is 52.2 Å². The van der Waals surface area contributed by atoms with Crippen LogP contribution in [0.1, 0.15) is 27.7 Å². The lowest BCUT2D eigenvalue weighted by Crippen LogP contribution is -2.42. The van der Waals surface area contributed by atoms with Crippen molar-refractivity contribution in [3.63, 3.8) is 0 Å². The number of aromatic nitrogens is 1. The second-order valence-electron chi connectivity index (χ2n) is 5.17. The zero-order chi connectivity index (χ0) is 20.0. The van der Waals surface area contributed by atoms with E-state index in [2.05, 4.69) is 21.2 Å². The Morgan fingerprint density at radius 2 is 2.04 bits per heavy atom. The third-order valence-corrected chi connectivity index (χ3v) is 4.96. The van der Waals surface area contributed by atoms with Crippen LogP contribution < -0.4 is 20.9 Å². The molecule has 0 aliphatic carbocycles. The Balaban J connectivity index is 2.30. The predicted molar refractivity (Wildman–Crippen MR) is 105 cm³/mol. The van der Waals surface area contributed by atoms with Crippen molar-refractivity contribution in [2.24, 2.45) is 0 Å². The first-order valence-corrected chi connectivity index (χ1v) is 9.38. The molecule has 2 amide bonds. The molecule has 1 heterocycles. The van der Waals surface area contributed by atoms with E-state index in [9.17, 15) is 9.59 Å². The van der Waals surface area contributed by atoms with Crippen LogP contribution in [0.25, 0.3) is 0 Å². The number of nitrogens with zero attached hydrogens (tertiary/aromatic N) is 1. The number of hydrogen-bond donors (Lipinski definition) is 3. The van der Waals surface area contributed by atoms with Gasteiger partial charge in [0.1, 0.15) is 5.75 Å². The average molecular weight is 433 g/mol. The standard InChI is InChI=1S/C16H18Cl2N4O4S/c1-4-26-16(24)22-21-14(23)12-8(2)10(17)5-11(25-3)13(12)19-6-9-7-20-15(18)27-9/h5,7,19H,4,6H2,1-3H3,(H,21,23)(H,22,24). The Hall–Kier alpha value is -2.23. The number of thiazole rings is 1. The summed E-state index contributed by atoms with van der Waals surface area (Å²) in [6.45, 7) is 3.89. The first-order chi connectivity index (χ1) is 12.9. The number of nitrogens with one attached hydrogen (secondary N) is 3. The average Bonchev–Trinajstić information content (AvgIpc) is 3.05. The third-order valence-electron chi connectivity index (χ3n) is 3.45. The highest BCUT2D eigenvalue weighted by atomic mass is 35.5. The van der Waals surface area contributed by atoms with E-state index in [1.54, 1.807) is 26.1 Å². The maximum atomic E-state index is 12.7. The number of hydrazine groups is 1. The summed E-state index contributed by atoms with van der Waals surface area (Å²) >= 11 is 13.4. The van der Waals surface area contributed by atoms with Crippen molar-refractivity contribution in [2.75, 3.05) is 19.0 Å². The number of anilines is 1. The Kier molecular flexibility index (Phi) is 7.52. The minimum Gasteiger partial charge on any atom is -0.495 e. The zero-order valence-electron chi connectivity index (χ0n) is 14.8. The SMILES string of the molecule is CCOC(=O)NNC(=O)c1c(C)c(Cl)cc(OC)c1NCc1cnc(Cl)s1. The van der Waals surface area contributed by atoms with Crippen molar-refractivity contribution in [3.8, 4) is 5.75 Å². The van der Waals surface area contributed by atoms with Crippen LogP contribution in [0, 0.1) is 6.92 Å². The van der Waals surface area contributed by atoms with Crippen molar-refractivity contribution in [1.29, 1.82) is 0 Å². The van der Waals surface area contributed by atoms with Gasteiger partial charge in [0, 0.05) is 22.2 Å². The van der Waals surface area contributed by atoms with Gasteiger partial charge >= 0.3 is 6.09 Å². The van der Waals surface area contributed by atoms with Crippen molar-refractivity contribution in [2.45, 2.75) is 20.4 Å². The molecule has 0 fully saturated rings. The molecule has 1 aromatic carbocycles. The van der Waals surface area contributed by atoms with Crippen molar-refractivity contribution in [1.82, 2.24) is 15.8 Å². The second-order valence-corrected chi connectivity index (χ2v) is 7.27. The van der Waals surface area contributed by atoms with Crippen LogP contribution in [0.4, 0.5) is 10.5 Å². The molecule has 0 atom stereocenters. The lowest BCUT2D eigenvalue weighted by Gasteiger charge is -2.18. The summed E-state index contributed by atoms with van der Waals surface area (Å²) in [5.74, 6) is -0.200. The Labute approximate surface area is 170 Å². The molecule has 0 unspecified atom stereocenters. The van der Waals surface area contributed by atoms with Gasteiger partial charge in [-0.05, 0) is 19.4 Å². The van der Waals surface area contributed by atoms with Gasteiger partial charge in [-0.3, -0.25) is 10.2 Å². The van der Waals surface area contributed by atoms with Gasteiger partial charge in [0.15, 0.2) is 4.47 Å². The van der Waals surface area contributed by atoms with Gasteiger partial charge in [-0.1, -0.05) is 23.2 Å². The number of rotatable bonds is 6. The summed E-state index contributed by atoms with van der Waals surface area (Å²) < 4.78 is 10.5. The molecule has 0 spiro atoms. The highest BCUT2D eigenvalue weighted by Crippen LogP contribution is 2.36. The fourth-order valence-corrected chi connectivity index (χ4v) is 3.34. The number of hydrogen-bond acceptors (Lipinski definition) is 7. The largest absolute Gasteiger partial charge is 0.495 e. The summed E-state index contributed by atoms with van der Waals surface area (Å²) in [6.07, 6.45) is 0.864. The fraction of sp³-hybridized carbons (Fsp3) is 0.312. The lowest BCUT2D eigenvalue weighted by molar-refractivity contribution is 0.0912. The Morgan fingerprint density at radius 1 is 1.30 bits per heavy atom. The Bertz CT molecular complexity index is 844. The minimum absolute atomic E-state index is 0.177. The van der Waals surface area contributed by atoms with E-state index < -0.39 is 12.0 Å².